The van der Waals surface area contributed by atoms with Crippen molar-refractivity contribution in [3.05, 3.63) is 40.1 Å². The standard InChI is InChI=1S/C21H24N6O2/c1-10-5-15(25-17-7-16(22)23-9-24-17)20(29)27-18(10)19(28)26-21(27)8-11-6-14(21)13-4-2-3-12(11)13/h5,7,9,11-14H,2-4,6,8H2,1H3,(H,26,28)(H3,22,23,24,25)/t11?,12-,13-,14?,21+/m0/s1. The van der Waals surface area contributed by atoms with Gasteiger partial charge in [0.05, 0.1) is 0 Å². The number of nitrogens with one attached hydrogen (secondary N) is 2. The molecular weight excluding hydrogens is 368 g/mol. The minimum Gasteiger partial charge on any atom is -0.384 e. The lowest BCUT2D eigenvalue weighted by Gasteiger charge is -2.41. The van der Waals surface area contributed by atoms with E-state index in [1.807, 2.05) is 6.92 Å². The maximum atomic E-state index is 13.6. The highest BCUT2D eigenvalue weighted by molar-refractivity contribution is 5.97. The number of nitrogens with two attached hydrogens (primary N) is 1. The molecule has 0 saturated heterocycles. The Hall–Kier alpha value is -2.90. The van der Waals surface area contributed by atoms with Crippen molar-refractivity contribution in [3.63, 3.8) is 0 Å². The molecule has 8 heteroatoms. The Bertz CT molecular complexity index is 1110. The molecule has 3 fully saturated rings. The third-order valence-corrected chi connectivity index (χ3v) is 7.78. The van der Waals surface area contributed by atoms with Gasteiger partial charge in [-0.1, -0.05) is 6.42 Å². The number of aryl methyl sites for hydroxylation is 1. The third kappa shape index (κ3) is 2.14. The maximum absolute atomic E-state index is 13.6. The van der Waals surface area contributed by atoms with Crippen LogP contribution in [0.3, 0.4) is 0 Å². The van der Waals surface area contributed by atoms with Gasteiger partial charge in [-0.2, -0.15) is 0 Å². The molecule has 2 aromatic rings. The van der Waals surface area contributed by atoms with E-state index in [4.69, 9.17) is 5.73 Å². The van der Waals surface area contributed by atoms with Gasteiger partial charge < -0.3 is 16.4 Å². The number of aromatic nitrogens is 3. The maximum Gasteiger partial charge on any atom is 0.276 e. The quantitative estimate of drug-likeness (QED) is 0.721. The highest BCUT2D eigenvalue weighted by Crippen LogP contribution is 2.64. The first-order chi connectivity index (χ1) is 14.0. The van der Waals surface area contributed by atoms with E-state index in [0.29, 0.717) is 40.8 Å². The monoisotopic (exact) mass is 392 g/mol. The van der Waals surface area contributed by atoms with Crippen molar-refractivity contribution in [2.45, 2.75) is 44.7 Å². The van der Waals surface area contributed by atoms with Gasteiger partial charge in [-0.3, -0.25) is 14.2 Å². The topological polar surface area (TPSA) is 115 Å². The lowest BCUT2D eigenvalue weighted by molar-refractivity contribution is 0.0617. The Morgan fingerprint density at radius 3 is 2.90 bits per heavy atom. The molecule has 3 aliphatic carbocycles. The van der Waals surface area contributed by atoms with Crippen LogP contribution in [0, 0.1) is 30.6 Å². The number of carbonyl (C=O) groups excluding carboxylic acids is 1. The predicted molar refractivity (Wildman–Crippen MR) is 108 cm³/mol. The molecule has 0 aromatic carbocycles. The van der Waals surface area contributed by atoms with Crippen molar-refractivity contribution in [2.75, 3.05) is 11.1 Å². The molecule has 5 atom stereocenters. The average Bonchev–Trinajstić information content (AvgIpc) is 3.40. The predicted octanol–water partition coefficient (Wildman–Crippen LogP) is 2.12. The van der Waals surface area contributed by atoms with Crippen LogP contribution in [-0.2, 0) is 5.66 Å². The molecular formula is C21H24N6O2. The van der Waals surface area contributed by atoms with Crippen molar-refractivity contribution in [1.29, 1.82) is 0 Å². The average molecular weight is 392 g/mol. The fraction of sp³-hybridized carbons (Fsp3) is 0.524. The van der Waals surface area contributed by atoms with Crippen LogP contribution < -0.4 is 21.9 Å². The van der Waals surface area contributed by atoms with Crippen LogP contribution in [0.1, 0.15) is 48.2 Å². The molecule has 8 nitrogen and oxygen atoms in total. The number of hydrogen-bond donors (Lipinski definition) is 3. The van der Waals surface area contributed by atoms with Crippen molar-refractivity contribution in [1.82, 2.24) is 19.9 Å². The fourth-order valence-electron chi connectivity index (χ4n) is 6.90. The van der Waals surface area contributed by atoms with E-state index in [0.717, 1.165) is 24.3 Å². The van der Waals surface area contributed by atoms with Crippen molar-refractivity contribution in [3.8, 4) is 0 Å². The smallest absolute Gasteiger partial charge is 0.276 e. The van der Waals surface area contributed by atoms with Gasteiger partial charge in [0.2, 0.25) is 0 Å². The van der Waals surface area contributed by atoms with Crippen LogP contribution in [0.25, 0.3) is 0 Å². The van der Waals surface area contributed by atoms with Gasteiger partial charge in [-0.15, -0.1) is 0 Å². The molecule has 6 rings (SSSR count). The minimum absolute atomic E-state index is 0.125. The van der Waals surface area contributed by atoms with Crippen molar-refractivity contribution >= 4 is 23.2 Å². The molecule has 2 bridgehead atoms. The summed E-state index contributed by atoms with van der Waals surface area (Å²) in [6, 6.07) is 3.32. The first kappa shape index (κ1) is 17.0. The van der Waals surface area contributed by atoms with Gasteiger partial charge in [-0.05, 0) is 62.0 Å². The molecule has 150 valence electrons. The molecule has 4 aliphatic rings. The van der Waals surface area contributed by atoms with Gasteiger partial charge >= 0.3 is 0 Å². The zero-order valence-electron chi connectivity index (χ0n) is 16.3. The Morgan fingerprint density at radius 2 is 2.07 bits per heavy atom. The lowest BCUT2D eigenvalue weighted by Crippen LogP contribution is -2.54. The highest BCUT2D eigenvalue weighted by atomic mass is 16.2. The number of anilines is 3. The Kier molecular flexibility index (Phi) is 3.27. The minimum atomic E-state index is -0.577. The van der Waals surface area contributed by atoms with Crippen LogP contribution >= 0.6 is 0 Å². The summed E-state index contributed by atoms with van der Waals surface area (Å²) < 4.78 is 1.77. The van der Waals surface area contributed by atoms with Crippen LogP contribution in [0.2, 0.25) is 0 Å². The van der Waals surface area contributed by atoms with E-state index >= 15 is 0 Å². The summed E-state index contributed by atoms with van der Waals surface area (Å²) in [7, 11) is 0. The van der Waals surface area contributed by atoms with Crippen LogP contribution in [0.5, 0.6) is 0 Å². The Morgan fingerprint density at radius 1 is 1.24 bits per heavy atom. The second kappa shape index (κ2) is 5.58. The van der Waals surface area contributed by atoms with Crippen molar-refractivity contribution in [2.24, 2.45) is 23.7 Å². The number of hydrogen-bond acceptors (Lipinski definition) is 6. The fourth-order valence-corrected chi connectivity index (χ4v) is 6.90. The molecule has 3 heterocycles. The molecule has 1 spiro atoms. The van der Waals surface area contributed by atoms with Gasteiger partial charge in [0.1, 0.15) is 35.0 Å². The molecule has 2 unspecified atom stereocenters. The normalized spacial score (nSPS) is 33.8. The summed E-state index contributed by atoms with van der Waals surface area (Å²) in [4.78, 5) is 34.6. The zero-order valence-corrected chi connectivity index (χ0v) is 16.3. The Balaban J connectivity index is 1.49. The SMILES string of the molecule is Cc1cc(Nc2cc(N)ncn2)c(=O)n2c1C(=O)N[C@]21CC2CC1[C@H]1CCC[C@@H]21. The second-order valence-corrected chi connectivity index (χ2v) is 9.13. The van der Waals surface area contributed by atoms with Gasteiger partial charge in [-0.25, -0.2) is 9.97 Å². The number of amides is 1. The molecule has 0 radical (unpaired) electrons. The molecule has 1 amide bonds. The molecule has 29 heavy (non-hydrogen) atoms. The summed E-state index contributed by atoms with van der Waals surface area (Å²) in [6.45, 7) is 1.88. The van der Waals surface area contributed by atoms with Gasteiger partial charge in [0.15, 0.2) is 0 Å². The molecule has 2 aromatic heterocycles. The van der Waals surface area contributed by atoms with E-state index in [2.05, 4.69) is 20.6 Å². The van der Waals surface area contributed by atoms with E-state index in [-0.39, 0.29) is 11.5 Å². The summed E-state index contributed by atoms with van der Waals surface area (Å²) in [5.74, 6) is 2.99. The molecule has 4 N–H and O–H groups in total. The summed E-state index contributed by atoms with van der Waals surface area (Å²) in [5, 5.41) is 6.36. The summed E-state index contributed by atoms with van der Waals surface area (Å²) in [6.07, 6.45) is 7.11. The molecule has 1 aliphatic heterocycles. The second-order valence-electron chi connectivity index (χ2n) is 9.13. The number of rotatable bonds is 2. The highest BCUT2D eigenvalue weighted by Gasteiger charge is 2.65. The van der Waals surface area contributed by atoms with E-state index in [1.54, 1.807) is 16.7 Å². The first-order valence-corrected chi connectivity index (χ1v) is 10.4. The third-order valence-electron chi connectivity index (χ3n) is 7.78. The number of carbonyl (C=O) groups is 1. The lowest BCUT2D eigenvalue weighted by atomic mass is 9.75. The van der Waals surface area contributed by atoms with Crippen LogP contribution in [0.15, 0.2) is 23.3 Å². The van der Waals surface area contributed by atoms with E-state index < -0.39 is 5.66 Å². The zero-order chi connectivity index (χ0) is 19.9. The van der Waals surface area contributed by atoms with Crippen LogP contribution in [-0.4, -0.2) is 20.4 Å². The van der Waals surface area contributed by atoms with Gasteiger partial charge in [0, 0.05) is 12.0 Å². The van der Waals surface area contributed by atoms with E-state index in [9.17, 15) is 9.59 Å². The number of pyridine rings is 1. The Labute approximate surface area is 167 Å². The summed E-state index contributed by atoms with van der Waals surface area (Å²) >= 11 is 0. The number of nitrogens with zero attached hydrogens (tertiary/aromatic N) is 3. The number of nitrogen functional groups attached to an aromatic ring is 1. The van der Waals surface area contributed by atoms with Gasteiger partial charge in [0.25, 0.3) is 11.5 Å². The number of fused-ring (bicyclic) bond motifs is 8. The summed E-state index contributed by atoms with van der Waals surface area (Å²) in [5.41, 5.74) is 6.69. The van der Waals surface area contributed by atoms with Crippen LogP contribution in [0.4, 0.5) is 17.3 Å². The first-order valence-electron chi connectivity index (χ1n) is 10.4. The molecule has 3 saturated carbocycles. The van der Waals surface area contributed by atoms with Crippen molar-refractivity contribution < 1.29 is 4.79 Å². The van der Waals surface area contributed by atoms with E-state index in [1.165, 1.54) is 25.6 Å². The largest absolute Gasteiger partial charge is 0.384 e.